The highest BCUT2D eigenvalue weighted by atomic mass is 35.5. The molecular formula is C17H14ClN3O2. The normalized spacial score (nSPS) is 10.5. The van der Waals surface area contributed by atoms with Gasteiger partial charge in [0.15, 0.2) is 5.69 Å². The van der Waals surface area contributed by atoms with E-state index in [-0.39, 0.29) is 12.3 Å². The van der Waals surface area contributed by atoms with Crippen LogP contribution in [0.4, 0.5) is 0 Å². The highest BCUT2D eigenvalue weighted by molar-refractivity contribution is 6.33. The molecule has 5 nitrogen and oxygen atoms in total. The third kappa shape index (κ3) is 3.10. The van der Waals surface area contributed by atoms with Crippen LogP contribution in [-0.4, -0.2) is 28.0 Å². The number of rotatable bonds is 4. The summed E-state index contributed by atoms with van der Waals surface area (Å²) in [6, 6.07) is 15.5. The topological polar surface area (TPSA) is 67.9 Å². The van der Waals surface area contributed by atoms with Crippen LogP contribution in [0.5, 0.6) is 0 Å². The molecule has 0 saturated carbocycles. The average molecular weight is 328 g/mol. The molecule has 0 aliphatic heterocycles. The fraction of sp³-hybridized carbons (Fsp3) is 0.118. The van der Waals surface area contributed by atoms with E-state index in [1.54, 1.807) is 6.92 Å². The smallest absolute Gasteiger partial charge is 0.361 e. The lowest BCUT2D eigenvalue weighted by Gasteiger charge is -2.07. The molecule has 0 fully saturated rings. The number of H-pyrrole nitrogens is 1. The van der Waals surface area contributed by atoms with Crippen molar-refractivity contribution in [2.75, 3.05) is 6.61 Å². The van der Waals surface area contributed by atoms with E-state index < -0.39 is 5.97 Å². The summed E-state index contributed by atoms with van der Waals surface area (Å²) in [5.41, 5.74) is 3.18. The van der Waals surface area contributed by atoms with Crippen molar-refractivity contribution in [2.24, 2.45) is 0 Å². The quantitative estimate of drug-likeness (QED) is 0.736. The van der Waals surface area contributed by atoms with Gasteiger partial charge in [-0.25, -0.2) is 4.79 Å². The van der Waals surface area contributed by atoms with Crippen LogP contribution in [0.15, 0.2) is 48.5 Å². The summed E-state index contributed by atoms with van der Waals surface area (Å²) in [5, 5.41) is 10.8. The maximum Gasteiger partial charge on any atom is 0.361 e. The average Bonchev–Trinajstić information content (AvgIpc) is 3.05. The van der Waals surface area contributed by atoms with Crippen molar-refractivity contribution in [1.29, 1.82) is 0 Å². The largest absolute Gasteiger partial charge is 0.461 e. The molecule has 0 aliphatic rings. The molecule has 3 rings (SSSR count). The van der Waals surface area contributed by atoms with E-state index in [0.717, 1.165) is 11.1 Å². The molecule has 2 aromatic carbocycles. The molecule has 1 N–H and O–H groups in total. The predicted molar refractivity (Wildman–Crippen MR) is 88.2 cm³/mol. The highest BCUT2D eigenvalue weighted by Crippen LogP contribution is 2.32. The summed E-state index contributed by atoms with van der Waals surface area (Å²) < 4.78 is 4.98. The lowest BCUT2D eigenvalue weighted by Crippen LogP contribution is -2.06. The van der Waals surface area contributed by atoms with Crippen molar-refractivity contribution in [3.63, 3.8) is 0 Å². The zero-order valence-electron chi connectivity index (χ0n) is 12.4. The first kappa shape index (κ1) is 15.2. The van der Waals surface area contributed by atoms with Gasteiger partial charge in [-0.3, -0.25) is 0 Å². The lowest BCUT2D eigenvalue weighted by molar-refractivity contribution is 0.0520. The molecule has 1 aromatic heterocycles. The molecule has 0 bridgehead atoms. The lowest BCUT2D eigenvalue weighted by atomic mass is 10.0. The van der Waals surface area contributed by atoms with Gasteiger partial charge in [0.25, 0.3) is 0 Å². The maximum atomic E-state index is 11.9. The fourth-order valence-corrected chi connectivity index (χ4v) is 2.55. The number of benzene rings is 2. The van der Waals surface area contributed by atoms with Gasteiger partial charge < -0.3 is 4.74 Å². The van der Waals surface area contributed by atoms with Crippen LogP contribution in [0.2, 0.25) is 5.02 Å². The minimum atomic E-state index is -0.528. The van der Waals surface area contributed by atoms with Crippen LogP contribution in [0.1, 0.15) is 17.4 Å². The van der Waals surface area contributed by atoms with Gasteiger partial charge in [0.05, 0.1) is 11.6 Å². The molecule has 0 saturated heterocycles. The predicted octanol–water partition coefficient (Wildman–Crippen LogP) is 3.97. The monoisotopic (exact) mass is 327 g/mol. The molecule has 23 heavy (non-hydrogen) atoms. The standard InChI is InChI=1S/C17H14ClN3O2/c1-2-23-17(22)16-15(19-21-20-16)13-9-8-12(10-14(13)18)11-6-4-3-5-7-11/h3-10H,2H2,1H3,(H,19,20,21). The zero-order chi connectivity index (χ0) is 16.2. The van der Waals surface area contributed by atoms with E-state index in [4.69, 9.17) is 16.3 Å². The third-order valence-electron chi connectivity index (χ3n) is 3.35. The van der Waals surface area contributed by atoms with E-state index in [0.29, 0.717) is 16.3 Å². The Balaban J connectivity index is 2.00. The van der Waals surface area contributed by atoms with Crippen molar-refractivity contribution >= 4 is 17.6 Å². The number of esters is 1. The van der Waals surface area contributed by atoms with Crippen molar-refractivity contribution < 1.29 is 9.53 Å². The number of ether oxygens (including phenoxy) is 1. The van der Waals surface area contributed by atoms with E-state index in [2.05, 4.69) is 15.4 Å². The number of halogens is 1. The van der Waals surface area contributed by atoms with Crippen LogP contribution >= 0.6 is 11.6 Å². The van der Waals surface area contributed by atoms with Gasteiger partial charge >= 0.3 is 5.97 Å². The maximum absolute atomic E-state index is 11.9. The summed E-state index contributed by atoms with van der Waals surface area (Å²) in [5.74, 6) is -0.528. The Labute approximate surface area is 138 Å². The Morgan fingerprint density at radius 2 is 1.91 bits per heavy atom. The first-order valence-corrected chi connectivity index (χ1v) is 7.51. The van der Waals surface area contributed by atoms with E-state index in [1.165, 1.54) is 0 Å². The first-order valence-electron chi connectivity index (χ1n) is 7.14. The minimum Gasteiger partial charge on any atom is -0.461 e. The summed E-state index contributed by atoms with van der Waals surface area (Å²) in [6.45, 7) is 2.01. The number of nitrogens with zero attached hydrogens (tertiary/aromatic N) is 2. The second kappa shape index (κ2) is 6.62. The van der Waals surface area contributed by atoms with Gasteiger partial charge in [-0.1, -0.05) is 54.1 Å². The van der Waals surface area contributed by atoms with Gasteiger partial charge in [-0.2, -0.15) is 10.3 Å². The van der Waals surface area contributed by atoms with Gasteiger partial charge in [-0.05, 0) is 24.1 Å². The van der Waals surface area contributed by atoms with Crippen LogP contribution in [0, 0.1) is 0 Å². The SMILES string of the molecule is CCOC(=O)c1n[nH]nc1-c1ccc(-c2ccccc2)cc1Cl. The molecule has 0 spiro atoms. The number of aromatic nitrogens is 3. The zero-order valence-corrected chi connectivity index (χ0v) is 13.2. The third-order valence-corrected chi connectivity index (χ3v) is 3.66. The van der Waals surface area contributed by atoms with E-state index >= 15 is 0 Å². The number of hydrogen-bond donors (Lipinski definition) is 1. The molecule has 3 aromatic rings. The molecule has 0 unspecified atom stereocenters. The van der Waals surface area contributed by atoms with Gasteiger partial charge in [-0.15, -0.1) is 5.10 Å². The second-order valence-corrected chi connectivity index (χ2v) is 5.21. The van der Waals surface area contributed by atoms with Crippen LogP contribution in [0.25, 0.3) is 22.4 Å². The summed E-state index contributed by atoms with van der Waals surface area (Å²) in [4.78, 5) is 11.9. The molecule has 0 atom stereocenters. The first-order chi connectivity index (χ1) is 11.2. The Kier molecular flexibility index (Phi) is 4.39. The van der Waals surface area contributed by atoms with Crippen molar-refractivity contribution in [3.8, 4) is 22.4 Å². The Hall–Kier alpha value is -2.66. The van der Waals surface area contributed by atoms with E-state index in [1.807, 2.05) is 48.5 Å². The van der Waals surface area contributed by atoms with Gasteiger partial charge in [0, 0.05) is 5.56 Å². The molecular weight excluding hydrogens is 314 g/mol. The number of nitrogens with one attached hydrogen (secondary N) is 1. The number of aromatic amines is 1. The van der Waals surface area contributed by atoms with E-state index in [9.17, 15) is 4.79 Å². The molecule has 0 aliphatic carbocycles. The van der Waals surface area contributed by atoms with Crippen LogP contribution < -0.4 is 0 Å². The minimum absolute atomic E-state index is 0.126. The Morgan fingerprint density at radius 3 is 2.61 bits per heavy atom. The number of carbonyl (C=O) groups excluding carboxylic acids is 1. The second-order valence-electron chi connectivity index (χ2n) is 4.80. The van der Waals surface area contributed by atoms with Crippen LogP contribution in [0.3, 0.4) is 0 Å². The summed E-state index contributed by atoms with van der Waals surface area (Å²) in [7, 11) is 0. The Bertz CT molecular complexity index is 831. The number of carbonyl (C=O) groups is 1. The number of hydrogen-bond acceptors (Lipinski definition) is 4. The highest BCUT2D eigenvalue weighted by Gasteiger charge is 2.21. The molecule has 1 heterocycles. The van der Waals surface area contributed by atoms with Gasteiger partial charge in [0.1, 0.15) is 5.69 Å². The van der Waals surface area contributed by atoms with Gasteiger partial charge in [0.2, 0.25) is 0 Å². The molecule has 116 valence electrons. The van der Waals surface area contributed by atoms with Crippen LogP contribution in [-0.2, 0) is 4.74 Å². The summed E-state index contributed by atoms with van der Waals surface area (Å²) >= 11 is 6.39. The van der Waals surface area contributed by atoms with Crippen molar-refractivity contribution in [3.05, 3.63) is 59.2 Å². The Morgan fingerprint density at radius 1 is 1.13 bits per heavy atom. The molecule has 0 amide bonds. The fourth-order valence-electron chi connectivity index (χ4n) is 2.28. The van der Waals surface area contributed by atoms with Crippen molar-refractivity contribution in [2.45, 2.75) is 6.92 Å². The molecule has 6 heteroatoms. The summed E-state index contributed by atoms with van der Waals surface area (Å²) in [6.07, 6.45) is 0. The van der Waals surface area contributed by atoms with Crippen molar-refractivity contribution in [1.82, 2.24) is 15.4 Å². The molecule has 0 radical (unpaired) electrons.